The lowest BCUT2D eigenvalue weighted by molar-refractivity contribution is -0.128. The molecule has 0 saturated carbocycles. The summed E-state index contributed by atoms with van der Waals surface area (Å²) < 4.78 is 13.6. The van der Waals surface area contributed by atoms with Gasteiger partial charge in [0.15, 0.2) is 0 Å². The first-order valence-corrected chi connectivity index (χ1v) is 9.70. The monoisotopic (exact) mass is 384 g/mol. The molecule has 0 radical (unpaired) electrons. The van der Waals surface area contributed by atoms with Gasteiger partial charge in [0.1, 0.15) is 12.0 Å². The zero-order valence-electron chi connectivity index (χ0n) is 15.9. The van der Waals surface area contributed by atoms with Crippen LogP contribution in [0.25, 0.3) is 0 Å². The number of hydrogen-bond donors (Lipinski definition) is 2. The predicted octanol–water partition coefficient (Wildman–Crippen LogP) is 2.41. The van der Waals surface area contributed by atoms with Gasteiger partial charge in [-0.1, -0.05) is 30.3 Å². The molecule has 0 bridgehead atoms. The van der Waals surface area contributed by atoms with Gasteiger partial charge in [-0.2, -0.15) is 0 Å². The molecular formula is C22H25FN2O3. The Morgan fingerprint density at radius 2 is 1.86 bits per heavy atom. The largest absolute Gasteiger partial charge is 0.385 e. The van der Waals surface area contributed by atoms with Crippen LogP contribution in [0.4, 0.5) is 10.1 Å². The lowest BCUT2D eigenvalue weighted by Gasteiger charge is -2.45. The van der Waals surface area contributed by atoms with Gasteiger partial charge in [-0.3, -0.25) is 14.6 Å². The molecule has 0 aromatic heterocycles. The van der Waals surface area contributed by atoms with E-state index >= 15 is 0 Å². The maximum Gasteiger partial charge on any atom is 0.246 e. The minimum Gasteiger partial charge on any atom is -0.385 e. The third-order valence-electron chi connectivity index (χ3n) is 5.99. The standard InChI is InChI=1S/C22H25FN2O3/c1-15(26)25-19-8-3-2-5-16(19)13-20(21(25)27)24-11-9-22(28,10-12-24)17-6-4-7-18(23)14-17/h2-8,14-15,20,26,28H,9-13H2,1H3. The van der Waals surface area contributed by atoms with E-state index in [9.17, 15) is 19.4 Å². The van der Waals surface area contributed by atoms with E-state index in [1.54, 1.807) is 19.1 Å². The molecule has 28 heavy (non-hydrogen) atoms. The molecule has 2 aliphatic heterocycles. The highest BCUT2D eigenvalue weighted by Crippen LogP contribution is 2.36. The molecule has 0 aliphatic carbocycles. The molecule has 2 atom stereocenters. The molecule has 4 rings (SSSR count). The molecule has 2 N–H and O–H groups in total. The average Bonchev–Trinajstić information content (AvgIpc) is 2.68. The highest BCUT2D eigenvalue weighted by atomic mass is 19.1. The fourth-order valence-corrected chi connectivity index (χ4v) is 4.44. The number of piperidine rings is 1. The van der Waals surface area contributed by atoms with Crippen LogP contribution in [0.15, 0.2) is 48.5 Å². The van der Waals surface area contributed by atoms with E-state index in [1.807, 2.05) is 24.3 Å². The minimum absolute atomic E-state index is 0.120. The van der Waals surface area contributed by atoms with Crippen LogP contribution < -0.4 is 4.90 Å². The Morgan fingerprint density at radius 1 is 1.14 bits per heavy atom. The molecule has 148 valence electrons. The number of carbonyl (C=O) groups is 1. The van der Waals surface area contributed by atoms with Crippen LogP contribution in [0.3, 0.4) is 0 Å². The van der Waals surface area contributed by atoms with Gasteiger partial charge in [0, 0.05) is 18.8 Å². The first-order chi connectivity index (χ1) is 13.4. The molecular weight excluding hydrogens is 359 g/mol. The summed E-state index contributed by atoms with van der Waals surface area (Å²) in [5.74, 6) is -0.482. The van der Waals surface area contributed by atoms with Gasteiger partial charge in [0.25, 0.3) is 0 Å². The first kappa shape index (κ1) is 19.1. The summed E-state index contributed by atoms with van der Waals surface area (Å²) in [4.78, 5) is 16.6. The van der Waals surface area contributed by atoms with E-state index in [1.165, 1.54) is 17.0 Å². The fourth-order valence-electron chi connectivity index (χ4n) is 4.44. The van der Waals surface area contributed by atoms with Crippen molar-refractivity contribution in [2.45, 2.75) is 44.1 Å². The molecule has 0 spiro atoms. The van der Waals surface area contributed by atoms with E-state index in [-0.39, 0.29) is 17.8 Å². The quantitative estimate of drug-likeness (QED) is 0.853. The smallest absolute Gasteiger partial charge is 0.246 e. The van der Waals surface area contributed by atoms with Crippen molar-refractivity contribution in [2.24, 2.45) is 0 Å². The van der Waals surface area contributed by atoms with Gasteiger partial charge in [0.05, 0.1) is 11.6 Å². The molecule has 1 saturated heterocycles. The Kier molecular flexibility index (Phi) is 4.95. The number of benzene rings is 2. The van der Waals surface area contributed by atoms with Crippen molar-refractivity contribution in [3.8, 4) is 0 Å². The molecule has 5 nitrogen and oxygen atoms in total. The number of likely N-dealkylation sites (tertiary alicyclic amines) is 1. The van der Waals surface area contributed by atoms with Crippen LogP contribution in [0.2, 0.25) is 0 Å². The molecule has 2 unspecified atom stereocenters. The van der Waals surface area contributed by atoms with Gasteiger partial charge in [0.2, 0.25) is 5.91 Å². The van der Waals surface area contributed by atoms with Crippen LogP contribution in [0.1, 0.15) is 30.9 Å². The van der Waals surface area contributed by atoms with Gasteiger partial charge in [-0.15, -0.1) is 0 Å². The van der Waals surface area contributed by atoms with Gasteiger partial charge >= 0.3 is 0 Å². The predicted molar refractivity (Wildman–Crippen MR) is 104 cm³/mol. The zero-order valence-corrected chi connectivity index (χ0v) is 15.9. The lowest BCUT2D eigenvalue weighted by Crippen LogP contribution is -2.58. The number of halogens is 1. The number of nitrogens with zero attached hydrogens (tertiary/aromatic N) is 2. The van der Waals surface area contributed by atoms with Crippen LogP contribution in [-0.2, 0) is 16.8 Å². The second kappa shape index (κ2) is 7.28. The number of rotatable bonds is 3. The van der Waals surface area contributed by atoms with Crippen LogP contribution in [0, 0.1) is 5.82 Å². The van der Waals surface area contributed by atoms with Crippen molar-refractivity contribution in [2.75, 3.05) is 18.0 Å². The summed E-state index contributed by atoms with van der Waals surface area (Å²) in [7, 11) is 0. The van der Waals surface area contributed by atoms with Crippen LogP contribution >= 0.6 is 0 Å². The fraction of sp³-hybridized carbons (Fsp3) is 0.409. The first-order valence-electron chi connectivity index (χ1n) is 9.70. The number of carbonyl (C=O) groups excluding carboxylic acids is 1. The zero-order chi connectivity index (χ0) is 19.9. The number of fused-ring (bicyclic) bond motifs is 1. The Labute approximate surface area is 164 Å². The summed E-state index contributed by atoms with van der Waals surface area (Å²) in [5.41, 5.74) is 1.28. The van der Waals surface area contributed by atoms with Crippen molar-refractivity contribution in [1.82, 2.24) is 4.90 Å². The Bertz CT molecular complexity index is 878. The summed E-state index contributed by atoms with van der Waals surface area (Å²) in [6.07, 6.45) is 0.523. The lowest BCUT2D eigenvalue weighted by atomic mass is 9.83. The van der Waals surface area contributed by atoms with Crippen LogP contribution in [-0.4, -0.2) is 46.4 Å². The highest BCUT2D eigenvalue weighted by Gasteiger charge is 2.42. The number of aliphatic hydroxyl groups is 2. The van der Waals surface area contributed by atoms with Gasteiger partial charge in [-0.05, 0) is 55.5 Å². The van der Waals surface area contributed by atoms with Crippen molar-refractivity contribution >= 4 is 11.6 Å². The third kappa shape index (κ3) is 3.32. The maximum atomic E-state index is 13.6. The molecule has 1 amide bonds. The number of aliphatic hydroxyl groups excluding tert-OH is 1. The normalized spacial score (nSPS) is 23.4. The molecule has 2 aromatic rings. The van der Waals surface area contributed by atoms with Gasteiger partial charge < -0.3 is 10.2 Å². The Balaban J connectivity index is 1.54. The van der Waals surface area contributed by atoms with E-state index in [0.29, 0.717) is 37.9 Å². The Morgan fingerprint density at radius 3 is 2.54 bits per heavy atom. The minimum atomic E-state index is -1.09. The average molecular weight is 384 g/mol. The summed E-state index contributed by atoms with van der Waals surface area (Å²) in [6, 6.07) is 13.4. The second-order valence-corrected chi connectivity index (χ2v) is 7.77. The number of para-hydroxylation sites is 1. The Hall–Kier alpha value is -2.28. The maximum absolute atomic E-state index is 13.6. The number of hydrogen-bond acceptors (Lipinski definition) is 4. The summed E-state index contributed by atoms with van der Waals surface area (Å²) in [6.45, 7) is 2.65. The van der Waals surface area contributed by atoms with E-state index < -0.39 is 11.8 Å². The van der Waals surface area contributed by atoms with Gasteiger partial charge in [-0.25, -0.2) is 4.39 Å². The number of amides is 1. The molecule has 6 heteroatoms. The van der Waals surface area contributed by atoms with Crippen molar-refractivity contribution in [3.63, 3.8) is 0 Å². The van der Waals surface area contributed by atoms with Crippen molar-refractivity contribution in [1.29, 1.82) is 0 Å². The number of anilines is 1. The highest BCUT2D eigenvalue weighted by molar-refractivity contribution is 6.00. The van der Waals surface area contributed by atoms with E-state index in [2.05, 4.69) is 4.90 Å². The van der Waals surface area contributed by atoms with Crippen molar-refractivity contribution in [3.05, 3.63) is 65.5 Å². The third-order valence-corrected chi connectivity index (χ3v) is 5.99. The van der Waals surface area contributed by atoms with E-state index in [0.717, 1.165) is 11.3 Å². The molecule has 2 heterocycles. The van der Waals surface area contributed by atoms with E-state index in [4.69, 9.17) is 0 Å². The SMILES string of the molecule is CC(O)N1C(=O)C(N2CCC(O)(c3cccc(F)c3)CC2)Cc2ccccc21. The van der Waals surface area contributed by atoms with Crippen molar-refractivity contribution < 1.29 is 19.4 Å². The molecule has 1 fully saturated rings. The summed E-state index contributed by atoms with van der Waals surface area (Å²) >= 11 is 0. The van der Waals surface area contributed by atoms with Crippen LogP contribution in [0.5, 0.6) is 0 Å². The molecule has 2 aromatic carbocycles. The molecule has 2 aliphatic rings. The topological polar surface area (TPSA) is 64.0 Å². The summed E-state index contributed by atoms with van der Waals surface area (Å²) in [5, 5.41) is 21.2. The second-order valence-electron chi connectivity index (χ2n) is 7.77.